The monoisotopic (exact) mass is 230 g/mol. The Kier molecular flexibility index (Phi) is 5.21. The minimum Gasteiger partial charge on any atom is -0.481 e. The molecule has 1 amide bonds. The Morgan fingerprint density at radius 1 is 1.69 bits per heavy atom. The molecule has 6 heteroatoms. The van der Waals surface area contributed by atoms with Gasteiger partial charge in [0.15, 0.2) is 0 Å². The van der Waals surface area contributed by atoms with Crippen molar-refractivity contribution in [3.8, 4) is 0 Å². The summed E-state index contributed by atoms with van der Waals surface area (Å²) >= 11 is 0. The summed E-state index contributed by atoms with van der Waals surface area (Å²) in [4.78, 5) is 24.1. The highest BCUT2D eigenvalue weighted by molar-refractivity contribution is 5.86. The molecule has 1 aliphatic heterocycles. The smallest absolute Gasteiger partial charge is 0.305 e. The van der Waals surface area contributed by atoms with Crippen LogP contribution in [0.1, 0.15) is 12.8 Å². The molecule has 1 fully saturated rings. The molecule has 92 valence electrons. The minimum atomic E-state index is -0.946. The van der Waals surface area contributed by atoms with E-state index in [1.165, 1.54) is 0 Å². The van der Waals surface area contributed by atoms with Crippen LogP contribution in [0.3, 0.4) is 0 Å². The third-order valence-corrected chi connectivity index (χ3v) is 2.60. The van der Waals surface area contributed by atoms with Gasteiger partial charge in [-0.15, -0.1) is 0 Å². The quantitative estimate of drug-likeness (QED) is 0.590. The molecule has 1 rings (SSSR count). The van der Waals surface area contributed by atoms with Gasteiger partial charge in [0.1, 0.15) is 0 Å². The molecule has 1 unspecified atom stereocenters. The van der Waals surface area contributed by atoms with Crippen molar-refractivity contribution in [2.75, 3.05) is 33.4 Å². The Morgan fingerprint density at radius 2 is 2.44 bits per heavy atom. The average Bonchev–Trinajstić information content (AvgIpc) is 2.23. The van der Waals surface area contributed by atoms with E-state index in [0.29, 0.717) is 26.2 Å². The number of rotatable bonds is 6. The molecule has 0 aliphatic carbocycles. The van der Waals surface area contributed by atoms with Gasteiger partial charge in [0.05, 0.1) is 12.5 Å². The molecule has 0 radical (unpaired) electrons. The number of carbonyl (C=O) groups is 2. The lowest BCUT2D eigenvalue weighted by molar-refractivity contribution is -0.143. The maximum Gasteiger partial charge on any atom is 0.305 e. The fraction of sp³-hybridized carbons (Fsp3) is 0.800. The molecule has 1 heterocycles. The zero-order valence-electron chi connectivity index (χ0n) is 9.44. The van der Waals surface area contributed by atoms with Gasteiger partial charge in [0.25, 0.3) is 0 Å². The van der Waals surface area contributed by atoms with E-state index in [2.05, 4.69) is 5.32 Å². The van der Waals surface area contributed by atoms with Crippen molar-refractivity contribution < 1.29 is 19.4 Å². The van der Waals surface area contributed by atoms with Crippen molar-refractivity contribution in [2.24, 2.45) is 0 Å². The molecule has 0 bridgehead atoms. The highest BCUT2D eigenvalue weighted by Gasteiger charge is 2.30. The lowest BCUT2D eigenvalue weighted by Crippen LogP contribution is -2.56. The molecule has 1 atom stereocenters. The summed E-state index contributed by atoms with van der Waals surface area (Å²) in [6.45, 7) is 2.60. The maximum atomic E-state index is 11.5. The Hall–Kier alpha value is -1.14. The lowest BCUT2D eigenvalue weighted by Gasteiger charge is -2.34. The van der Waals surface area contributed by atoms with Crippen molar-refractivity contribution in [3.63, 3.8) is 0 Å². The number of carbonyl (C=O) groups excluding carboxylic acids is 1. The van der Waals surface area contributed by atoms with E-state index >= 15 is 0 Å². The van der Waals surface area contributed by atoms with E-state index in [9.17, 15) is 9.59 Å². The molecule has 0 aromatic heterocycles. The molecular weight excluding hydrogens is 212 g/mol. The lowest BCUT2D eigenvalue weighted by atomic mass is 10.1. The van der Waals surface area contributed by atoms with Gasteiger partial charge in [-0.05, 0) is 6.42 Å². The van der Waals surface area contributed by atoms with Gasteiger partial charge >= 0.3 is 5.97 Å². The van der Waals surface area contributed by atoms with E-state index in [1.807, 2.05) is 4.90 Å². The van der Waals surface area contributed by atoms with Crippen LogP contribution in [0.2, 0.25) is 0 Å². The van der Waals surface area contributed by atoms with Crippen LogP contribution in [0.4, 0.5) is 0 Å². The average molecular weight is 230 g/mol. The number of aliphatic carboxylic acids is 1. The first-order chi connectivity index (χ1) is 7.65. The fourth-order valence-electron chi connectivity index (χ4n) is 1.83. The normalized spacial score (nSPS) is 21.8. The van der Waals surface area contributed by atoms with Gasteiger partial charge in [-0.2, -0.15) is 0 Å². The van der Waals surface area contributed by atoms with Crippen LogP contribution in [0.15, 0.2) is 0 Å². The van der Waals surface area contributed by atoms with Crippen molar-refractivity contribution in [1.82, 2.24) is 10.2 Å². The zero-order valence-corrected chi connectivity index (χ0v) is 9.44. The fourth-order valence-corrected chi connectivity index (χ4v) is 1.83. The van der Waals surface area contributed by atoms with E-state index in [4.69, 9.17) is 9.84 Å². The number of ether oxygens (including phenoxy) is 1. The van der Waals surface area contributed by atoms with Crippen LogP contribution >= 0.6 is 0 Å². The molecule has 0 spiro atoms. The highest BCUT2D eigenvalue weighted by atomic mass is 16.5. The Bertz CT molecular complexity index is 257. The first-order valence-electron chi connectivity index (χ1n) is 5.37. The maximum absolute atomic E-state index is 11.5. The van der Waals surface area contributed by atoms with Gasteiger partial charge in [-0.1, -0.05) is 0 Å². The minimum absolute atomic E-state index is 0.140. The number of carboxylic acids is 1. The molecule has 6 nitrogen and oxygen atoms in total. The van der Waals surface area contributed by atoms with Gasteiger partial charge in [0.2, 0.25) is 5.91 Å². The molecule has 16 heavy (non-hydrogen) atoms. The van der Waals surface area contributed by atoms with Crippen molar-refractivity contribution >= 4 is 11.9 Å². The number of piperazine rings is 1. The predicted octanol–water partition coefficient (Wildman–Crippen LogP) is -0.702. The Labute approximate surface area is 94.6 Å². The second-order valence-electron chi connectivity index (χ2n) is 3.79. The van der Waals surface area contributed by atoms with E-state index in [1.54, 1.807) is 7.11 Å². The molecule has 2 N–H and O–H groups in total. The molecule has 1 saturated heterocycles. The number of nitrogens with zero attached hydrogens (tertiary/aromatic N) is 1. The Morgan fingerprint density at radius 3 is 3.06 bits per heavy atom. The second kappa shape index (κ2) is 6.44. The molecule has 0 aromatic rings. The zero-order chi connectivity index (χ0) is 12.0. The molecular formula is C10H18N2O4. The summed E-state index contributed by atoms with van der Waals surface area (Å²) in [6, 6.07) is -0.539. The van der Waals surface area contributed by atoms with Crippen LogP contribution in [0.25, 0.3) is 0 Å². The van der Waals surface area contributed by atoms with Crippen LogP contribution in [0, 0.1) is 0 Å². The van der Waals surface area contributed by atoms with E-state index in [-0.39, 0.29) is 12.3 Å². The van der Waals surface area contributed by atoms with Crippen LogP contribution in [-0.2, 0) is 14.3 Å². The number of hydrogen-bond acceptors (Lipinski definition) is 4. The van der Waals surface area contributed by atoms with Gasteiger partial charge in [0, 0.05) is 33.4 Å². The number of methoxy groups -OCH3 is 1. The van der Waals surface area contributed by atoms with Crippen molar-refractivity contribution in [1.29, 1.82) is 0 Å². The molecule has 0 saturated carbocycles. The largest absolute Gasteiger partial charge is 0.481 e. The Balaban J connectivity index is 2.49. The summed E-state index contributed by atoms with van der Waals surface area (Å²) in [5.74, 6) is -1.13. The third-order valence-electron chi connectivity index (χ3n) is 2.60. The summed E-state index contributed by atoms with van der Waals surface area (Å²) in [6.07, 6.45) is 0.665. The van der Waals surface area contributed by atoms with E-state index in [0.717, 1.165) is 6.42 Å². The van der Waals surface area contributed by atoms with E-state index < -0.39 is 12.0 Å². The third kappa shape index (κ3) is 3.79. The highest BCUT2D eigenvalue weighted by Crippen LogP contribution is 2.09. The van der Waals surface area contributed by atoms with Crippen molar-refractivity contribution in [3.05, 3.63) is 0 Å². The van der Waals surface area contributed by atoms with Gasteiger partial charge < -0.3 is 15.2 Å². The van der Waals surface area contributed by atoms with Crippen LogP contribution in [-0.4, -0.2) is 61.3 Å². The predicted molar refractivity (Wildman–Crippen MR) is 57.1 cm³/mol. The summed E-state index contributed by atoms with van der Waals surface area (Å²) in [7, 11) is 1.62. The van der Waals surface area contributed by atoms with Crippen LogP contribution < -0.4 is 5.32 Å². The number of amides is 1. The van der Waals surface area contributed by atoms with Gasteiger partial charge in [-0.3, -0.25) is 14.5 Å². The molecule has 1 aliphatic rings. The molecule has 0 aromatic carbocycles. The topological polar surface area (TPSA) is 78.9 Å². The number of carboxylic acid groups (broad SMARTS) is 1. The summed E-state index contributed by atoms with van der Waals surface area (Å²) in [5, 5.41) is 11.4. The summed E-state index contributed by atoms with van der Waals surface area (Å²) in [5.41, 5.74) is 0. The standard InChI is InChI=1S/C10H18N2O4/c1-16-6-2-4-12-5-3-11-10(15)8(12)7-9(13)14/h8H,2-7H2,1H3,(H,11,15)(H,13,14). The van der Waals surface area contributed by atoms with Crippen molar-refractivity contribution in [2.45, 2.75) is 18.9 Å². The second-order valence-corrected chi connectivity index (χ2v) is 3.79. The SMILES string of the molecule is COCCCN1CCNC(=O)C1CC(=O)O. The first-order valence-corrected chi connectivity index (χ1v) is 5.37. The number of nitrogens with one attached hydrogen (secondary N) is 1. The first kappa shape index (κ1) is 12.9. The summed E-state index contributed by atoms with van der Waals surface area (Å²) < 4.78 is 4.93. The van der Waals surface area contributed by atoms with Crippen LogP contribution in [0.5, 0.6) is 0 Å². The number of hydrogen-bond donors (Lipinski definition) is 2. The van der Waals surface area contributed by atoms with Gasteiger partial charge in [-0.25, -0.2) is 0 Å².